The molecule has 150 valence electrons. The molecule has 2 aromatic carbocycles. The van der Waals surface area contributed by atoms with Crippen molar-refractivity contribution in [3.05, 3.63) is 82.7 Å². The van der Waals surface area contributed by atoms with E-state index in [1.54, 1.807) is 0 Å². The van der Waals surface area contributed by atoms with Crippen molar-refractivity contribution in [2.24, 2.45) is 0 Å². The molecule has 2 N–H and O–H groups in total. The molecule has 0 radical (unpaired) electrons. The predicted octanol–water partition coefficient (Wildman–Crippen LogP) is 2.73. The topological polar surface area (TPSA) is 93.5 Å². The smallest absolute Gasteiger partial charge is 0.338 e. The highest BCUT2D eigenvalue weighted by Gasteiger charge is 2.14. The van der Waals surface area contributed by atoms with Gasteiger partial charge in [0.25, 0.3) is 5.91 Å². The first-order chi connectivity index (χ1) is 13.9. The van der Waals surface area contributed by atoms with Gasteiger partial charge >= 0.3 is 5.97 Å². The molecule has 1 heterocycles. The maximum absolute atomic E-state index is 12.1. The van der Waals surface area contributed by atoms with E-state index in [2.05, 4.69) is 10.4 Å². The number of rotatable bonds is 7. The van der Waals surface area contributed by atoms with Gasteiger partial charge in [0.05, 0.1) is 17.8 Å². The molecule has 3 aromatic rings. The highest BCUT2D eigenvalue weighted by atomic mass is 16.5. The Hall–Kier alpha value is -3.61. The molecule has 0 atom stereocenters. The summed E-state index contributed by atoms with van der Waals surface area (Å²) >= 11 is 0. The molecular weight excluding hydrogens is 370 g/mol. The molecule has 0 aliphatic carbocycles. The van der Waals surface area contributed by atoms with Crippen molar-refractivity contribution in [1.29, 1.82) is 0 Å². The summed E-state index contributed by atoms with van der Waals surface area (Å²) in [7, 11) is 0. The van der Waals surface area contributed by atoms with E-state index in [4.69, 9.17) is 4.74 Å². The molecule has 0 saturated carbocycles. The number of nitrogens with one attached hydrogen (secondary N) is 1. The molecule has 0 aliphatic rings. The second-order valence-electron chi connectivity index (χ2n) is 6.70. The van der Waals surface area contributed by atoms with Crippen molar-refractivity contribution in [3.63, 3.8) is 0 Å². The zero-order valence-electron chi connectivity index (χ0n) is 16.4. The molecule has 0 aliphatic heterocycles. The summed E-state index contributed by atoms with van der Waals surface area (Å²) in [4.78, 5) is 24.0. The van der Waals surface area contributed by atoms with Crippen LogP contribution in [0.25, 0.3) is 0 Å². The Balaban J connectivity index is 1.54. The summed E-state index contributed by atoms with van der Waals surface area (Å²) in [5, 5.41) is 16.7. The number of phenolic OH excluding ortho intramolecular Hbond substituents is 1. The van der Waals surface area contributed by atoms with Crippen LogP contribution < -0.4 is 5.32 Å². The van der Waals surface area contributed by atoms with Crippen LogP contribution in [0.2, 0.25) is 0 Å². The Kier molecular flexibility index (Phi) is 6.29. The number of aryl methyl sites for hydroxylation is 1. The summed E-state index contributed by atoms with van der Waals surface area (Å²) in [5.41, 5.74) is 4.09. The minimum Gasteiger partial charge on any atom is -0.508 e. The molecule has 29 heavy (non-hydrogen) atoms. The Bertz CT molecular complexity index is 1010. The normalized spacial score (nSPS) is 10.6. The van der Waals surface area contributed by atoms with Crippen LogP contribution in [0.4, 0.5) is 0 Å². The van der Waals surface area contributed by atoms with Gasteiger partial charge in [-0.3, -0.25) is 9.48 Å². The Morgan fingerprint density at radius 2 is 1.86 bits per heavy atom. The number of ether oxygens (including phenoxy) is 1. The largest absolute Gasteiger partial charge is 0.508 e. The van der Waals surface area contributed by atoms with Gasteiger partial charge in [0, 0.05) is 17.8 Å². The molecule has 0 saturated heterocycles. The lowest BCUT2D eigenvalue weighted by Crippen LogP contribution is -2.28. The van der Waals surface area contributed by atoms with E-state index in [1.165, 1.54) is 24.3 Å². The third-order valence-electron chi connectivity index (χ3n) is 4.59. The molecule has 0 fully saturated rings. The number of aromatic nitrogens is 2. The Morgan fingerprint density at radius 3 is 2.59 bits per heavy atom. The number of hydrogen-bond acceptors (Lipinski definition) is 5. The van der Waals surface area contributed by atoms with Crippen LogP contribution in [0.15, 0.2) is 54.6 Å². The summed E-state index contributed by atoms with van der Waals surface area (Å²) in [6.07, 6.45) is 0. The van der Waals surface area contributed by atoms with E-state index in [0.29, 0.717) is 13.1 Å². The van der Waals surface area contributed by atoms with Gasteiger partial charge in [-0.05, 0) is 37.6 Å². The second-order valence-corrected chi connectivity index (χ2v) is 6.70. The minimum atomic E-state index is -0.668. The molecule has 0 spiro atoms. The van der Waals surface area contributed by atoms with Gasteiger partial charge in [0.1, 0.15) is 5.75 Å². The molecule has 3 rings (SSSR count). The molecule has 1 amide bonds. The van der Waals surface area contributed by atoms with Crippen molar-refractivity contribution >= 4 is 11.9 Å². The third-order valence-corrected chi connectivity index (χ3v) is 4.59. The van der Waals surface area contributed by atoms with E-state index in [-0.39, 0.29) is 11.3 Å². The van der Waals surface area contributed by atoms with Crippen LogP contribution in [-0.2, 0) is 22.6 Å². The minimum absolute atomic E-state index is 0.0395. The van der Waals surface area contributed by atoms with Gasteiger partial charge < -0.3 is 15.2 Å². The quantitative estimate of drug-likeness (QED) is 0.602. The number of hydrogen-bond donors (Lipinski definition) is 2. The highest BCUT2D eigenvalue weighted by molar-refractivity contribution is 5.91. The first-order valence-electron chi connectivity index (χ1n) is 9.23. The van der Waals surface area contributed by atoms with Gasteiger partial charge in [0.2, 0.25) is 0 Å². The Morgan fingerprint density at radius 1 is 1.10 bits per heavy atom. The van der Waals surface area contributed by atoms with Crippen LogP contribution in [0.5, 0.6) is 5.75 Å². The maximum atomic E-state index is 12.1. The summed E-state index contributed by atoms with van der Waals surface area (Å²) in [6.45, 7) is 4.42. The van der Waals surface area contributed by atoms with Crippen molar-refractivity contribution in [2.45, 2.75) is 26.9 Å². The van der Waals surface area contributed by atoms with E-state index in [1.807, 2.05) is 48.9 Å². The average molecular weight is 393 g/mol. The lowest BCUT2D eigenvalue weighted by atomic mass is 10.2. The SMILES string of the molecule is Cc1nn(Cc2ccccc2)c(C)c1CNC(=O)COC(=O)c1cccc(O)c1. The molecule has 7 nitrogen and oxygen atoms in total. The van der Waals surface area contributed by atoms with Crippen molar-refractivity contribution in [3.8, 4) is 5.75 Å². The first kappa shape index (κ1) is 20.1. The highest BCUT2D eigenvalue weighted by Crippen LogP contribution is 2.15. The van der Waals surface area contributed by atoms with Crippen LogP contribution >= 0.6 is 0 Å². The fourth-order valence-electron chi connectivity index (χ4n) is 2.99. The number of esters is 1. The first-order valence-corrected chi connectivity index (χ1v) is 9.23. The number of nitrogens with zero attached hydrogens (tertiary/aromatic N) is 2. The number of phenols is 1. The number of carbonyl (C=O) groups excluding carboxylic acids is 2. The predicted molar refractivity (Wildman–Crippen MR) is 107 cm³/mol. The van der Waals surface area contributed by atoms with Gasteiger partial charge in [-0.15, -0.1) is 0 Å². The summed E-state index contributed by atoms with van der Waals surface area (Å²) in [5.74, 6) is -1.12. The van der Waals surface area contributed by atoms with E-state index in [0.717, 1.165) is 22.5 Å². The molecule has 0 bridgehead atoms. The van der Waals surface area contributed by atoms with Crippen LogP contribution in [0.3, 0.4) is 0 Å². The van der Waals surface area contributed by atoms with Crippen LogP contribution in [0.1, 0.15) is 32.9 Å². The van der Waals surface area contributed by atoms with Crippen molar-refractivity contribution in [2.75, 3.05) is 6.61 Å². The maximum Gasteiger partial charge on any atom is 0.338 e. The molecular formula is C22H23N3O4. The fourth-order valence-corrected chi connectivity index (χ4v) is 2.99. The lowest BCUT2D eigenvalue weighted by molar-refractivity contribution is -0.124. The van der Waals surface area contributed by atoms with E-state index < -0.39 is 18.5 Å². The molecule has 1 aromatic heterocycles. The average Bonchev–Trinajstić information content (AvgIpc) is 2.98. The number of aromatic hydroxyl groups is 1. The molecule has 0 unspecified atom stereocenters. The summed E-state index contributed by atoms with van der Waals surface area (Å²) in [6, 6.07) is 15.8. The van der Waals surface area contributed by atoms with Gasteiger partial charge in [0.15, 0.2) is 6.61 Å². The number of carbonyl (C=O) groups is 2. The lowest BCUT2D eigenvalue weighted by Gasteiger charge is -2.08. The van der Waals surface area contributed by atoms with Gasteiger partial charge in [-0.25, -0.2) is 4.79 Å². The van der Waals surface area contributed by atoms with Gasteiger partial charge in [-0.2, -0.15) is 5.10 Å². The second kappa shape index (κ2) is 9.05. The number of benzene rings is 2. The van der Waals surface area contributed by atoms with E-state index >= 15 is 0 Å². The zero-order chi connectivity index (χ0) is 20.8. The molecule has 7 heteroatoms. The Labute approximate surface area is 168 Å². The fraction of sp³-hybridized carbons (Fsp3) is 0.227. The van der Waals surface area contributed by atoms with Crippen molar-refractivity contribution in [1.82, 2.24) is 15.1 Å². The van der Waals surface area contributed by atoms with Crippen LogP contribution in [-0.4, -0.2) is 33.4 Å². The summed E-state index contributed by atoms with van der Waals surface area (Å²) < 4.78 is 6.91. The van der Waals surface area contributed by atoms with Crippen LogP contribution in [0, 0.1) is 13.8 Å². The van der Waals surface area contributed by atoms with E-state index in [9.17, 15) is 14.7 Å². The van der Waals surface area contributed by atoms with Gasteiger partial charge in [-0.1, -0.05) is 36.4 Å². The number of amides is 1. The zero-order valence-corrected chi connectivity index (χ0v) is 16.4. The third kappa shape index (κ3) is 5.22. The monoisotopic (exact) mass is 393 g/mol. The van der Waals surface area contributed by atoms with Crippen molar-refractivity contribution < 1.29 is 19.4 Å². The standard InChI is InChI=1S/C22H23N3O4/c1-15-20(16(2)25(24-15)13-17-7-4-3-5-8-17)12-23-21(27)14-29-22(28)18-9-6-10-19(26)11-18/h3-11,26H,12-14H2,1-2H3,(H,23,27).